The second kappa shape index (κ2) is 7.75. The van der Waals surface area contributed by atoms with Crippen LogP contribution in [0.5, 0.6) is 0 Å². The van der Waals surface area contributed by atoms with Crippen LogP contribution in [-0.2, 0) is 14.3 Å². The molecule has 2 N–H and O–H groups in total. The van der Waals surface area contributed by atoms with Crippen LogP contribution in [0.25, 0.3) is 6.08 Å². The zero-order valence-corrected chi connectivity index (χ0v) is 13.3. The summed E-state index contributed by atoms with van der Waals surface area (Å²) in [6.07, 6.45) is 5.41. The van der Waals surface area contributed by atoms with Crippen molar-refractivity contribution in [2.24, 2.45) is 0 Å². The van der Waals surface area contributed by atoms with Gasteiger partial charge >= 0.3 is 5.97 Å². The van der Waals surface area contributed by atoms with Crippen molar-refractivity contribution in [1.29, 1.82) is 0 Å². The lowest BCUT2D eigenvalue weighted by atomic mass is 9.93. The van der Waals surface area contributed by atoms with Crippen LogP contribution in [0, 0.1) is 0 Å². The Kier molecular flexibility index (Phi) is 5.45. The van der Waals surface area contributed by atoms with Gasteiger partial charge in [-0.25, -0.2) is 4.79 Å². The van der Waals surface area contributed by atoms with E-state index in [1.165, 1.54) is 6.08 Å². The molecular formula is C19H22O5. The summed E-state index contributed by atoms with van der Waals surface area (Å²) in [7, 11) is 0. The summed E-state index contributed by atoms with van der Waals surface area (Å²) >= 11 is 0. The highest BCUT2D eigenvalue weighted by molar-refractivity contribution is 5.82. The van der Waals surface area contributed by atoms with Gasteiger partial charge in [-0.3, -0.25) is 0 Å². The molecule has 3 rings (SSSR count). The van der Waals surface area contributed by atoms with Crippen molar-refractivity contribution < 1.29 is 24.5 Å². The molecule has 128 valence electrons. The van der Waals surface area contributed by atoms with Crippen molar-refractivity contribution in [3.05, 3.63) is 54.1 Å². The maximum absolute atomic E-state index is 11.3. The van der Waals surface area contributed by atoms with E-state index in [2.05, 4.69) is 0 Å². The molecule has 2 heterocycles. The molecule has 0 bridgehead atoms. The molecule has 2 aliphatic heterocycles. The van der Waals surface area contributed by atoms with Crippen molar-refractivity contribution in [2.45, 2.75) is 49.8 Å². The SMILES string of the molecule is O=C1C=CC[C@@H](C[C@@H]2C[C@@H](O)[C@H](O)[C@H](C=Cc3ccccc3)O2)O1. The van der Waals surface area contributed by atoms with Crippen LogP contribution < -0.4 is 0 Å². The van der Waals surface area contributed by atoms with Gasteiger partial charge in [-0.15, -0.1) is 0 Å². The Bertz CT molecular complexity index is 609. The molecule has 5 nitrogen and oxygen atoms in total. The van der Waals surface area contributed by atoms with Crippen molar-refractivity contribution in [3.8, 4) is 0 Å². The number of esters is 1. The molecule has 1 saturated heterocycles. The van der Waals surface area contributed by atoms with Gasteiger partial charge in [0.25, 0.3) is 0 Å². The van der Waals surface area contributed by atoms with Crippen LogP contribution in [0.15, 0.2) is 48.6 Å². The van der Waals surface area contributed by atoms with Crippen LogP contribution >= 0.6 is 0 Å². The van der Waals surface area contributed by atoms with Gasteiger partial charge < -0.3 is 19.7 Å². The number of hydrogen-bond donors (Lipinski definition) is 2. The number of ether oxygens (including phenoxy) is 2. The van der Waals surface area contributed by atoms with Gasteiger partial charge in [-0.1, -0.05) is 48.6 Å². The van der Waals surface area contributed by atoms with Crippen LogP contribution in [0.1, 0.15) is 24.8 Å². The van der Waals surface area contributed by atoms with E-state index in [0.717, 1.165) is 5.56 Å². The second-order valence-electron chi connectivity index (χ2n) is 6.22. The van der Waals surface area contributed by atoms with Crippen molar-refractivity contribution in [3.63, 3.8) is 0 Å². The number of rotatable bonds is 4. The summed E-state index contributed by atoms with van der Waals surface area (Å²) < 4.78 is 11.2. The van der Waals surface area contributed by atoms with Gasteiger partial charge in [0, 0.05) is 25.3 Å². The number of aliphatic hydroxyl groups excluding tert-OH is 2. The van der Waals surface area contributed by atoms with E-state index in [1.807, 2.05) is 36.4 Å². The van der Waals surface area contributed by atoms with E-state index in [4.69, 9.17) is 9.47 Å². The fourth-order valence-electron chi connectivity index (χ4n) is 3.07. The van der Waals surface area contributed by atoms with Gasteiger partial charge in [0.15, 0.2) is 0 Å². The van der Waals surface area contributed by atoms with E-state index in [1.54, 1.807) is 12.2 Å². The quantitative estimate of drug-likeness (QED) is 0.824. The smallest absolute Gasteiger partial charge is 0.330 e. The molecule has 5 heteroatoms. The molecule has 0 aromatic heterocycles. The number of carbonyl (C=O) groups excluding carboxylic acids is 1. The third kappa shape index (κ3) is 4.32. The normalized spacial score (nSPS) is 33.6. The molecule has 0 saturated carbocycles. The number of cyclic esters (lactones) is 1. The standard InChI is InChI=1S/C19H22O5/c20-16-12-15(11-14-7-4-8-18(21)24-14)23-17(19(16)22)10-9-13-5-2-1-3-6-13/h1-6,8-10,14-17,19-20,22H,7,11-12H2/t14-,15+,16+,17-,19-/m0/s1. The molecule has 1 aromatic carbocycles. The maximum Gasteiger partial charge on any atom is 0.330 e. The van der Waals surface area contributed by atoms with Crippen molar-refractivity contribution >= 4 is 12.0 Å². The maximum atomic E-state index is 11.3. The average molecular weight is 330 g/mol. The first-order valence-electron chi connectivity index (χ1n) is 8.24. The van der Waals surface area contributed by atoms with E-state index < -0.39 is 18.3 Å². The molecule has 1 aromatic rings. The van der Waals surface area contributed by atoms with Crippen LogP contribution in [0.4, 0.5) is 0 Å². The number of aliphatic hydroxyl groups is 2. The van der Waals surface area contributed by atoms with E-state index in [0.29, 0.717) is 19.3 Å². The summed E-state index contributed by atoms with van der Waals surface area (Å²) in [5.41, 5.74) is 0.997. The van der Waals surface area contributed by atoms with Gasteiger partial charge in [0.05, 0.1) is 12.2 Å². The Balaban J connectivity index is 1.62. The van der Waals surface area contributed by atoms with Gasteiger partial charge in [-0.05, 0) is 5.56 Å². The molecule has 2 aliphatic rings. The summed E-state index contributed by atoms with van der Waals surface area (Å²) in [6.45, 7) is 0. The molecule has 0 spiro atoms. The predicted octanol–water partition coefficient (Wildman–Crippen LogP) is 1.84. The Morgan fingerprint density at radius 3 is 2.71 bits per heavy atom. The van der Waals surface area contributed by atoms with Gasteiger partial charge in [0.1, 0.15) is 18.3 Å². The lowest BCUT2D eigenvalue weighted by Gasteiger charge is -2.37. The number of carbonyl (C=O) groups is 1. The van der Waals surface area contributed by atoms with Crippen LogP contribution in [0.2, 0.25) is 0 Å². The monoisotopic (exact) mass is 330 g/mol. The van der Waals surface area contributed by atoms with Crippen LogP contribution in [-0.4, -0.2) is 46.7 Å². The zero-order valence-electron chi connectivity index (χ0n) is 13.3. The third-order valence-electron chi connectivity index (χ3n) is 4.32. The fourth-order valence-corrected chi connectivity index (χ4v) is 3.07. The Morgan fingerprint density at radius 2 is 1.96 bits per heavy atom. The van der Waals surface area contributed by atoms with Gasteiger partial charge in [0.2, 0.25) is 0 Å². The second-order valence-corrected chi connectivity index (χ2v) is 6.22. The minimum atomic E-state index is -0.963. The zero-order chi connectivity index (χ0) is 16.9. The lowest BCUT2D eigenvalue weighted by molar-refractivity contribution is -0.165. The Labute approximate surface area is 141 Å². The summed E-state index contributed by atoms with van der Waals surface area (Å²) in [4.78, 5) is 11.3. The molecular weight excluding hydrogens is 308 g/mol. The summed E-state index contributed by atoms with van der Waals surface area (Å²) in [5, 5.41) is 20.3. The van der Waals surface area contributed by atoms with E-state index in [9.17, 15) is 15.0 Å². The molecule has 0 unspecified atom stereocenters. The summed E-state index contributed by atoms with van der Waals surface area (Å²) in [6, 6.07) is 9.70. The molecule has 1 fully saturated rings. The highest BCUT2D eigenvalue weighted by atomic mass is 16.5. The number of benzene rings is 1. The molecule has 0 radical (unpaired) electrons. The predicted molar refractivity (Wildman–Crippen MR) is 89.0 cm³/mol. The molecule has 0 amide bonds. The number of hydrogen-bond acceptors (Lipinski definition) is 5. The van der Waals surface area contributed by atoms with Crippen molar-refractivity contribution in [1.82, 2.24) is 0 Å². The fraction of sp³-hybridized carbons (Fsp3) is 0.421. The molecule has 5 atom stereocenters. The van der Waals surface area contributed by atoms with Crippen LogP contribution in [0.3, 0.4) is 0 Å². The minimum absolute atomic E-state index is 0.242. The first kappa shape index (κ1) is 16.9. The topological polar surface area (TPSA) is 76.0 Å². The van der Waals surface area contributed by atoms with Gasteiger partial charge in [-0.2, -0.15) is 0 Å². The average Bonchev–Trinajstić information content (AvgIpc) is 2.58. The van der Waals surface area contributed by atoms with Crippen molar-refractivity contribution in [2.75, 3.05) is 0 Å². The highest BCUT2D eigenvalue weighted by Gasteiger charge is 2.36. The first-order chi connectivity index (χ1) is 11.6. The van der Waals surface area contributed by atoms with E-state index >= 15 is 0 Å². The summed E-state index contributed by atoms with van der Waals surface area (Å²) in [5.74, 6) is -0.344. The van der Waals surface area contributed by atoms with E-state index in [-0.39, 0.29) is 18.2 Å². The first-order valence-corrected chi connectivity index (χ1v) is 8.24. The molecule has 24 heavy (non-hydrogen) atoms. The highest BCUT2D eigenvalue weighted by Crippen LogP contribution is 2.27. The Morgan fingerprint density at radius 1 is 1.17 bits per heavy atom. The minimum Gasteiger partial charge on any atom is -0.459 e. The lowest BCUT2D eigenvalue weighted by Crippen LogP contribution is -2.48. The third-order valence-corrected chi connectivity index (χ3v) is 4.32. The molecule has 0 aliphatic carbocycles. The largest absolute Gasteiger partial charge is 0.459 e. The Hall–Kier alpha value is -1.95.